The number of carbonyl (C=O) groups excluding carboxylic acids is 1. The number of ether oxygens (including phenoxy) is 2. The lowest BCUT2D eigenvalue weighted by Gasteiger charge is -2.16. The molecule has 1 aliphatic heterocycles. The van der Waals surface area contributed by atoms with Crippen LogP contribution in [0.25, 0.3) is 0 Å². The molecule has 1 heterocycles. The summed E-state index contributed by atoms with van der Waals surface area (Å²) < 4.78 is 48.4. The van der Waals surface area contributed by atoms with Crippen molar-refractivity contribution in [3.8, 4) is 5.75 Å². The molecule has 1 aliphatic rings. The Morgan fingerprint density at radius 3 is 2.56 bits per heavy atom. The molecule has 1 N–H and O–H groups in total. The minimum Gasteiger partial charge on any atom is -0.491 e. The molecule has 25 heavy (non-hydrogen) atoms. The molecule has 3 rings (SSSR count). The number of esters is 1. The van der Waals surface area contributed by atoms with E-state index in [0.29, 0.717) is 23.4 Å². The lowest BCUT2D eigenvalue weighted by Crippen LogP contribution is -2.23. The summed E-state index contributed by atoms with van der Waals surface area (Å²) in [5, 5.41) is 3.25. The summed E-state index contributed by atoms with van der Waals surface area (Å²) in [6.45, 7) is 0.714. The fourth-order valence-corrected chi connectivity index (χ4v) is 2.66. The van der Waals surface area contributed by atoms with Crippen LogP contribution in [0.15, 0.2) is 42.5 Å². The first-order chi connectivity index (χ1) is 11.9. The summed E-state index contributed by atoms with van der Waals surface area (Å²) in [4.78, 5) is 11.6. The molecule has 2 aromatic rings. The smallest absolute Gasteiger partial charge is 0.416 e. The highest BCUT2D eigenvalue weighted by Gasteiger charge is 2.30. The van der Waals surface area contributed by atoms with Gasteiger partial charge in [0.15, 0.2) is 0 Å². The molecule has 1 atom stereocenters. The largest absolute Gasteiger partial charge is 0.491 e. The molecule has 7 heteroatoms. The molecule has 0 unspecified atom stereocenters. The van der Waals surface area contributed by atoms with Gasteiger partial charge in [0.05, 0.1) is 24.3 Å². The molecule has 0 radical (unpaired) electrons. The van der Waals surface area contributed by atoms with Crippen molar-refractivity contribution in [3.63, 3.8) is 0 Å². The first kappa shape index (κ1) is 17.3. The summed E-state index contributed by atoms with van der Waals surface area (Å²) >= 11 is 0. The van der Waals surface area contributed by atoms with Crippen LogP contribution in [-0.2, 0) is 17.5 Å². The van der Waals surface area contributed by atoms with E-state index < -0.39 is 17.7 Å². The Bertz CT molecular complexity index is 772. The maximum absolute atomic E-state index is 12.7. The van der Waals surface area contributed by atoms with Crippen LogP contribution < -0.4 is 10.1 Å². The Labute approximate surface area is 142 Å². The van der Waals surface area contributed by atoms with Crippen LogP contribution in [0.1, 0.15) is 33.1 Å². The predicted octanol–water partition coefficient (Wildman–Crippen LogP) is 3.72. The fraction of sp³-hybridized carbons (Fsp3) is 0.278. The number of hydrogen-bond acceptors (Lipinski definition) is 4. The molecule has 0 saturated carbocycles. The molecule has 0 aromatic heterocycles. The highest BCUT2D eigenvalue weighted by Crippen LogP contribution is 2.31. The van der Waals surface area contributed by atoms with Gasteiger partial charge in [-0.2, -0.15) is 13.2 Å². The number of carbonyl (C=O) groups is 1. The number of fused-ring (bicyclic) bond motifs is 1. The van der Waals surface area contributed by atoms with Crippen LogP contribution in [0.3, 0.4) is 0 Å². The van der Waals surface area contributed by atoms with Crippen LogP contribution >= 0.6 is 0 Å². The van der Waals surface area contributed by atoms with Gasteiger partial charge in [0.1, 0.15) is 12.4 Å². The van der Waals surface area contributed by atoms with E-state index in [2.05, 4.69) is 10.1 Å². The number of alkyl halides is 3. The van der Waals surface area contributed by atoms with Crippen LogP contribution in [0.5, 0.6) is 5.75 Å². The Kier molecular flexibility index (Phi) is 4.67. The molecule has 132 valence electrons. The average molecular weight is 351 g/mol. The van der Waals surface area contributed by atoms with Crippen molar-refractivity contribution in [2.75, 3.05) is 13.7 Å². The monoisotopic (exact) mass is 351 g/mol. The third kappa shape index (κ3) is 3.76. The molecule has 0 spiro atoms. The zero-order valence-corrected chi connectivity index (χ0v) is 13.4. The molecule has 0 saturated heterocycles. The van der Waals surface area contributed by atoms with Gasteiger partial charge in [-0.1, -0.05) is 18.2 Å². The molecule has 4 nitrogen and oxygen atoms in total. The van der Waals surface area contributed by atoms with Crippen molar-refractivity contribution in [2.24, 2.45) is 0 Å². The quantitative estimate of drug-likeness (QED) is 0.838. The lowest BCUT2D eigenvalue weighted by molar-refractivity contribution is -0.137. The standard InChI is InChI=1S/C18H16F3NO3/c1-24-17(23)12-2-3-13-9-22-15(10-25-16(13)8-12)11-4-6-14(7-5-11)18(19,20)21/h2-8,15,22H,9-10H2,1H3/t15-/m1/s1. The van der Waals surface area contributed by atoms with Gasteiger partial charge in [-0.25, -0.2) is 4.79 Å². The van der Waals surface area contributed by atoms with Crippen molar-refractivity contribution in [3.05, 3.63) is 64.7 Å². The second-order valence-electron chi connectivity index (χ2n) is 5.68. The molecule has 0 bridgehead atoms. The van der Waals surface area contributed by atoms with E-state index in [1.807, 2.05) is 0 Å². The second-order valence-corrected chi connectivity index (χ2v) is 5.68. The SMILES string of the molecule is COC(=O)c1ccc2c(c1)OC[C@H](c1ccc(C(F)(F)F)cc1)NC2. The zero-order chi connectivity index (χ0) is 18.0. The Morgan fingerprint density at radius 1 is 1.20 bits per heavy atom. The van der Waals surface area contributed by atoms with Gasteiger partial charge in [-0.3, -0.25) is 0 Å². The number of rotatable bonds is 2. The number of hydrogen-bond donors (Lipinski definition) is 1. The van der Waals surface area contributed by atoms with Crippen molar-refractivity contribution >= 4 is 5.97 Å². The van der Waals surface area contributed by atoms with Gasteiger partial charge in [-0.05, 0) is 29.8 Å². The van der Waals surface area contributed by atoms with Crippen molar-refractivity contribution in [1.82, 2.24) is 5.32 Å². The molecular formula is C18H16F3NO3. The predicted molar refractivity (Wildman–Crippen MR) is 84.3 cm³/mol. The third-order valence-electron chi connectivity index (χ3n) is 4.07. The van der Waals surface area contributed by atoms with Gasteiger partial charge < -0.3 is 14.8 Å². The number of nitrogens with one attached hydrogen (secondary N) is 1. The summed E-state index contributed by atoms with van der Waals surface area (Å²) in [6.07, 6.45) is -4.35. The molecule has 0 aliphatic carbocycles. The van der Waals surface area contributed by atoms with E-state index in [-0.39, 0.29) is 12.6 Å². The van der Waals surface area contributed by atoms with Gasteiger partial charge in [0.25, 0.3) is 0 Å². The van der Waals surface area contributed by atoms with Crippen LogP contribution in [-0.4, -0.2) is 19.7 Å². The normalized spacial score (nSPS) is 17.2. The first-order valence-corrected chi connectivity index (χ1v) is 7.63. The Balaban J connectivity index is 1.76. The minimum atomic E-state index is -4.35. The summed E-state index contributed by atoms with van der Waals surface area (Å²) in [5.74, 6) is 0.104. The van der Waals surface area contributed by atoms with Gasteiger partial charge in [-0.15, -0.1) is 0 Å². The maximum atomic E-state index is 12.7. The Morgan fingerprint density at radius 2 is 1.92 bits per heavy atom. The van der Waals surface area contributed by atoms with Crippen LogP contribution in [0, 0.1) is 0 Å². The number of benzene rings is 2. The molecule has 2 aromatic carbocycles. The highest BCUT2D eigenvalue weighted by molar-refractivity contribution is 5.89. The van der Waals surface area contributed by atoms with E-state index in [0.717, 1.165) is 17.7 Å². The molecule has 0 fully saturated rings. The zero-order valence-electron chi connectivity index (χ0n) is 13.4. The first-order valence-electron chi connectivity index (χ1n) is 7.63. The lowest BCUT2D eigenvalue weighted by atomic mass is 10.0. The highest BCUT2D eigenvalue weighted by atomic mass is 19.4. The topological polar surface area (TPSA) is 47.6 Å². The van der Waals surface area contributed by atoms with Crippen molar-refractivity contribution in [1.29, 1.82) is 0 Å². The van der Waals surface area contributed by atoms with E-state index in [1.165, 1.54) is 19.2 Å². The number of halogens is 3. The molecule has 0 amide bonds. The number of methoxy groups -OCH3 is 1. The van der Waals surface area contributed by atoms with Gasteiger partial charge in [0.2, 0.25) is 0 Å². The van der Waals surface area contributed by atoms with Crippen LogP contribution in [0.4, 0.5) is 13.2 Å². The van der Waals surface area contributed by atoms with E-state index in [9.17, 15) is 18.0 Å². The van der Waals surface area contributed by atoms with Gasteiger partial charge in [0, 0.05) is 12.1 Å². The maximum Gasteiger partial charge on any atom is 0.416 e. The van der Waals surface area contributed by atoms with E-state index >= 15 is 0 Å². The van der Waals surface area contributed by atoms with E-state index in [1.54, 1.807) is 18.2 Å². The molecular weight excluding hydrogens is 335 g/mol. The average Bonchev–Trinajstić information content (AvgIpc) is 2.82. The third-order valence-corrected chi connectivity index (χ3v) is 4.07. The summed E-state index contributed by atoms with van der Waals surface area (Å²) in [6, 6.07) is 9.78. The van der Waals surface area contributed by atoms with Crippen molar-refractivity contribution in [2.45, 2.75) is 18.8 Å². The van der Waals surface area contributed by atoms with E-state index in [4.69, 9.17) is 4.74 Å². The fourth-order valence-electron chi connectivity index (χ4n) is 2.66. The van der Waals surface area contributed by atoms with Crippen LogP contribution in [0.2, 0.25) is 0 Å². The summed E-state index contributed by atoms with van der Waals surface area (Å²) in [7, 11) is 1.30. The second kappa shape index (κ2) is 6.76. The minimum absolute atomic E-state index is 0.239. The summed E-state index contributed by atoms with van der Waals surface area (Å²) in [5.41, 5.74) is 1.27. The van der Waals surface area contributed by atoms with Gasteiger partial charge >= 0.3 is 12.1 Å². The van der Waals surface area contributed by atoms with Crippen molar-refractivity contribution < 1.29 is 27.4 Å². The Hall–Kier alpha value is -2.54.